The van der Waals surface area contributed by atoms with Crippen LogP contribution in [0.2, 0.25) is 0 Å². The van der Waals surface area contributed by atoms with Gasteiger partial charge in [-0.15, -0.1) is 0 Å². The van der Waals surface area contributed by atoms with Crippen molar-refractivity contribution in [2.75, 3.05) is 35.0 Å². The van der Waals surface area contributed by atoms with Gasteiger partial charge in [-0.05, 0) is 25.5 Å². The van der Waals surface area contributed by atoms with Gasteiger partial charge >= 0.3 is 0 Å². The quantitative estimate of drug-likeness (QED) is 0.488. The Morgan fingerprint density at radius 2 is 2.03 bits per heavy atom. The van der Waals surface area contributed by atoms with Crippen LogP contribution in [0, 0.1) is 6.92 Å². The summed E-state index contributed by atoms with van der Waals surface area (Å²) in [6.45, 7) is 7.67. The number of hydrogen-bond donors (Lipinski definition) is 1. The fourth-order valence-electron chi connectivity index (χ4n) is 4.08. The average Bonchev–Trinajstić information content (AvgIpc) is 3.24. The van der Waals surface area contributed by atoms with E-state index in [1.54, 1.807) is 18.6 Å². The van der Waals surface area contributed by atoms with Gasteiger partial charge in [0.1, 0.15) is 5.82 Å². The van der Waals surface area contributed by atoms with Crippen LogP contribution in [0.4, 0.5) is 17.7 Å². The highest BCUT2D eigenvalue weighted by Crippen LogP contribution is 2.33. The van der Waals surface area contributed by atoms with Crippen LogP contribution in [-0.2, 0) is 17.8 Å². The molecule has 164 valence electrons. The van der Waals surface area contributed by atoms with Crippen molar-refractivity contribution in [1.29, 1.82) is 0 Å². The van der Waals surface area contributed by atoms with E-state index in [0.29, 0.717) is 38.2 Å². The van der Waals surface area contributed by atoms with Gasteiger partial charge in [0, 0.05) is 24.5 Å². The van der Waals surface area contributed by atoms with Gasteiger partial charge in [0.25, 0.3) is 0 Å². The number of nitrogens with zero attached hydrogens (tertiary/aromatic N) is 7. The van der Waals surface area contributed by atoms with Crippen molar-refractivity contribution in [2.24, 2.45) is 5.10 Å². The lowest BCUT2D eigenvalue weighted by Crippen LogP contribution is -2.44. The van der Waals surface area contributed by atoms with Gasteiger partial charge in [-0.3, -0.25) is 0 Å². The van der Waals surface area contributed by atoms with Crippen LogP contribution in [0.1, 0.15) is 29.3 Å². The zero-order chi connectivity index (χ0) is 21.9. The Hall–Kier alpha value is -3.59. The molecule has 0 spiro atoms. The van der Waals surface area contributed by atoms with E-state index in [1.807, 2.05) is 18.2 Å². The van der Waals surface area contributed by atoms with E-state index >= 15 is 0 Å². The molecule has 1 fully saturated rings. The smallest absolute Gasteiger partial charge is 0.245 e. The van der Waals surface area contributed by atoms with Crippen LogP contribution >= 0.6 is 0 Å². The predicted octanol–water partition coefficient (Wildman–Crippen LogP) is 2.77. The largest absolute Gasteiger partial charge is 0.377 e. The van der Waals surface area contributed by atoms with Crippen molar-refractivity contribution < 1.29 is 4.74 Å². The maximum Gasteiger partial charge on any atom is 0.245 e. The zero-order valence-corrected chi connectivity index (χ0v) is 18.3. The third kappa shape index (κ3) is 4.24. The van der Waals surface area contributed by atoms with Gasteiger partial charge in [-0.2, -0.15) is 10.1 Å². The van der Waals surface area contributed by atoms with Gasteiger partial charge in [0.15, 0.2) is 0 Å². The van der Waals surface area contributed by atoms with Crippen LogP contribution in [0.15, 0.2) is 47.8 Å². The summed E-state index contributed by atoms with van der Waals surface area (Å²) in [5.41, 5.74) is 7.32. The molecule has 5 rings (SSSR count). The summed E-state index contributed by atoms with van der Waals surface area (Å²) in [4.78, 5) is 22.9. The van der Waals surface area contributed by atoms with E-state index in [2.05, 4.69) is 56.3 Å². The Balaban J connectivity index is 1.45. The number of hydrogen-bond acceptors (Lipinski definition) is 9. The number of nitrogens with one attached hydrogen (secondary N) is 1. The van der Waals surface area contributed by atoms with Crippen LogP contribution in [0.25, 0.3) is 0 Å². The topological polar surface area (TPSA) is 91.7 Å². The first-order valence-electron chi connectivity index (χ1n) is 10.8. The minimum atomic E-state index is 0.230. The molecule has 0 aliphatic carbocycles. The molecule has 2 aliphatic rings. The van der Waals surface area contributed by atoms with Crippen molar-refractivity contribution in [1.82, 2.24) is 19.9 Å². The first-order chi connectivity index (χ1) is 15.7. The molecule has 32 heavy (non-hydrogen) atoms. The number of aryl methyl sites for hydroxylation is 1. The molecule has 0 amide bonds. The lowest BCUT2D eigenvalue weighted by Gasteiger charge is -2.35. The van der Waals surface area contributed by atoms with Gasteiger partial charge in [0.2, 0.25) is 11.9 Å². The van der Waals surface area contributed by atoms with E-state index in [-0.39, 0.29) is 6.04 Å². The molecule has 0 unspecified atom stereocenters. The number of fused-ring (bicyclic) bond motifs is 1. The highest BCUT2D eigenvalue weighted by atomic mass is 16.5. The zero-order valence-electron chi connectivity index (χ0n) is 18.3. The van der Waals surface area contributed by atoms with Gasteiger partial charge in [0.05, 0.1) is 44.3 Å². The lowest BCUT2D eigenvalue weighted by atomic mass is 10.2. The Labute approximate surface area is 187 Å². The van der Waals surface area contributed by atoms with Crippen molar-refractivity contribution in [3.63, 3.8) is 0 Å². The predicted molar refractivity (Wildman–Crippen MR) is 124 cm³/mol. The van der Waals surface area contributed by atoms with E-state index in [4.69, 9.17) is 14.7 Å². The summed E-state index contributed by atoms with van der Waals surface area (Å²) in [6.07, 6.45) is 5.30. The fraction of sp³-hybridized carbons (Fsp3) is 0.348. The number of morpholine rings is 1. The summed E-state index contributed by atoms with van der Waals surface area (Å²) >= 11 is 0. The summed E-state index contributed by atoms with van der Waals surface area (Å²) in [7, 11) is 0. The molecule has 0 saturated carbocycles. The number of hydrazone groups is 1. The molecular formula is C23H26N8O. The maximum atomic E-state index is 5.64. The van der Waals surface area contributed by atoms with Crippen LogP contribution in [-0.4, -0.2) is 52.0 Å². The van der Waals surface area contributed by atoms with Crippen molar-refractivity contribution in [2.45, 2.75) is 33.0 Å². The molecule has 0 radical (unpaired) electrons. The molecule has 9 nitrogen and oxygen atoms in total. The average molecular weight is 431 g/mol. The Bertz CT molecular complexity index is 1120. The number of anilines is 3. The second-order valence-corrected chi connectivity index (χ2v) is 8.10. The SMILES string of the molecule is Cc1cccc(/C=N/Nc2nc3c(c(N4CCOC[C@@H]4C)n2)CN(c2ncccn2)C3)c1. The molecular weight excluding hydrogens is 404 g/mol. The van der Waals surface area contributed by atoms with E-state index in [9.17, 15) is 0 Å². The molecule has 1 atom stereocenters. The normalized spacial score (nSPS) is 18.2. The second-order valence-electron chi connectivity index (χ2n) is 8.10. The molecule has 3 aromatic rings. The maximum absolute atomic E-state index is 5.64. The standard InChI is InChI=1S/C23H26N8O/c1-16-5-3-6-18(11-16)12-26-29-22-27-20-14-30(23-24-7-4-8-25-23)13-19(20)21(28-22)31-9-10-32-15-17(31)2/h3-8,11-12,17H,9-10,13-15H2,1-2H3,(H,27,28,29)/b26-12+/t17-/m0/s1. The van der Waals surface area contributed by atoms with Crippen molar-refractivity contribution >= 4 is 23.9 Å². The first-order valence-corrected chi connectivity index (χ1v) is 10.8. The van der Waals surface area contributed by atoms with Crippen LogP contribution in [0.5, 0.6) is 0 Å². The molecule has 1 aromatic carbocycles. The minimum absolute atomic E-state index is 0.230. The van der Waals surface area contributed by atoms with E-state index in [0.717, 1.165) is 29.2 Å². The molecule has 0 bridgehead atoms. The second kappa shape index (κ2) is 8.88. The molecule has 1 N–H and O–H groups in total. The Morgan fingerprint density at radius 3 is 2.84 bits per heavy atom. The number of aromatic nitrogens is 4. The fourth-order valence-corrected chi connectivity index (χ4v) is 4.08. The molecule has 1 saturated heterocycles. The van der Waals surface area contributed by atoms with Gasteiger partial charge < -0.3 is 14.5 Å². The number of rotatable bonds is 5. The summed E-state index contributed by atoms with van der Waals surface area (Å²) in [5.74, 6) is 2.10. The monoisotopic (exact) mass is 430 g/mol. The first kappa shape index (κ1) is 20.3. The third-order valence-corrected chi connectivity index (χ3v) is 5.66. The molecule has 9 heteroatoms. The van der Waals surface area contributed by atoms with Crippen molar-refractivity contribution in [3.05, 3.63) is 65.1 Å². The number of ether oxygens (including phenoxy) is 1. The Morgan fingerprint density at radius 1 is 1.16 bits per heavy atom. The number of benzene rings is 1. The van der Waals surface area contributed by atoms with E-state index in [1.165, 1.54) is 5.56 Å². The van der Waals surface area contributed by atoms with Crippen LogP contribution in [0.3, 0.4) is 0 Å². The lowest BCUT2D eigenvalue weighted by molar-refractivity contribution is 0.0984. The van der Waals surface area contributed by atoms with Crippen LogP contribution < -0.4 is 15.2 Å². The third-order valence-electron chi connectivity index (χ3n) is 5.66. The minimum Gasteiger partial charge on any atom is -0.377 e. The molecule has 2 aliphatic heterocycles. The van der Waals surface area contributed by atoms with E-state index < -0.39 is 0 Å². The molecule has 2 aromatic heterocycles. The Kier molecular flexibility index (Phi) is 5.64. The highest BCUT2D eigenvalue weighted by Gasteiger charge is 2.31. The molecule has 4 heterocycles. The summed E-state index contributed by atoms with van der Waals surface area (Å²) < 4.78 is 5.64. The van der Waals surface area contributed by atoms with Gasteiger partial charge in [-0.25, -0.2) is 20.4 Å². The van der Waals surface area contributed by atoms with Gasteiger partial charge in [-0.1, -0.05) is 29.8 Å². The summed E-state index contributed by atoms with van der Waals surface area (Å²) in [6, 6.07) is 10.2. The van der Waals surface area contributed by atoms with Crippen molar-refractivity contribution in [3.8, 4) is 0 Å². The summed E-state index contributed by atoms with van der Waals surface area (Å²) in [5, 5.41) is 4.38. The highest BCUT2D eigenvalue weighted by molar-refractivity contribution is 5.80.